The number of nitrogens with one attached hydrogen (secondary N) is 4. The van der Waals surface area contributed by atoms with E-state index in [1.54, 1.807) is 11.3 Å². The van der Waals surface area contributed by atoms with Crippen LogP contribution in [0, 0.1) is 12.3 Å². The maximum Gasteiger partial charge on any atom is 0.317 e. The van der Waals surface area contributed by atoms with E-state index in [-0.39, 0.29) is 36.7 Å². The summed E-state index contributed by atoms with van der Waals surface area (Å²) in [6, 6.07) is 6.26. The Morgan fingerprint density at radius 3 is 2.38 bits per heavy atom. The summed E-state index contributed by atoms with van der Waals surface area (Å²) in [6.07, 6.45) is 4.00. The van der Waals surface area contributed by atoms with Gasteiger partial charge in [0.2, 0.25) is 17.7 Å². The van der Waals surface area contributed by atoms with E-state index < -0.39 is 23.6 Å². The second-order valence-corrected chi connectivity index (χ2v) is 14.8. The van der Waals surface area contributed by atoms with Crippen molar-refractivity contribution in [1.29, 1.82) is 0 Å². The second kappa shape index (κ2) is 17.7. The normalized spacial score (nSPS) is 18.8. The minimum Gasteiger partial charge on any atom is -0.391 e. The first-order valence-electron chi connectivity index (χ1n) is 17.2. The Kier molecular flexibility index (Phi) is 13.8. The van der Waals surface area contributed by atoms with Gasteiger partial charge in [0.05, 0.1) is 22.2 Å². The first kappa shape index (κ1) is 37.3. The summed E-state index contributed by atoms with van der Waals surface area (Å²) < 4.78 is 0. The van der Waals surface area contributed by atoms with Crippen LogP contribution in [-0.4, -0.2) is 101 Å². The number of unbranched alkanes of at least 4 members (excludes halogenated alkanes) is 4. The first-order valence-corrected chi connectivity index (χ1v) is 18.1. The van der Waals surface area contributed by atoms with Crippen molar-refractivity contribution in [2.75, 3.05) is 39.3 Å². The predicted octanol–water partition coefficient (Wildman–Crippen LogP) is 3.18. The number of amides is 5. The molecule has 5 N–H and O–H groups in total. The molecule has 2 aliphatic rings. The number of likely N-dealkylation sites (tertiary alicyclic amines) is 1. The Morgan fingerprint density at radius 2 is 1.71 bits per heavy atom. The molecule has 0 bridgehead atoms. The van der Waals surface area contributed by atoms with Crippen LogP contribution in [-0.2, 0) is 20.9 Å². The Balaban J connectivity index is 1.20. The van der Waals surface area contributed by atoms with Crippen molar-refractivity contribution >= 4 is 35.1 Å². The highest BCUT2D eigenvalue weighted by Crippen LogP contribution is 2.28. The Hall–Kier alpha value is -3.55. The van der Waals surface area contributed by atoms with Gasteiger partial charge in [-0.2, -0.15) is 0 Å². The van der Waals surface area contributed by atoms with Crippen LogP contribution in [0.2, 0.25) is 0 Å². The zero-order valence-electron chi connectivity index (χ0n) is 28.8. The van der Waals surface area contributed by atoms with Crippen molar-refractivity contribution in [3.8, 4) is 10.4 Å². The molecule has 3 heterocycles. The number of aliphatic hydroxyl groups excluding tert-OH is 1. The van der Waals surface area contributed by atoms with Gasteiger partial charge in [0.15, 0.2) is 0 Å². The van der Waals surface area contributed by atoms with E-state index in [2.05, 4.69) is 26.3 Å². The van der Waals surface area contributed by atoms with E-state index in [0.717, 1.165) is 73.6 Å². The molecule has 2 fully saturated rings. The quantitative estimate of drug-likeness (QED) is 0.192. The molecule has 5 amide bonds. The number of benzene rings is 1. The third-order valence-electron chi connectivity index (χ3n) is 8.97. The molecule has 2 saturated heterocycles. The molecule has 0 unspecified atom stereocenters. The van der Waals surface area contributed by atoms with Gasteiger partial charge in [-0.1, -0.05) is 64.3 Å². The fourth-order valence-electron chi connectivity index (χ4n) is 6.13. The fraction of sp³-hybridized carbons (Fsp3) is 0.629. The number of nitrogens with zero attached hydrogens (tertiary/aromatic N) is 3. The molecule has 12 nitrogen and oxygen atoms in total. The highest BCUT2D eigenvalue weighted by atomic mass is 32.1. The van der Waals surface area contributed by atoms with E-state index in [9.17, 15) is 24.3 Å². The lowest BCUT2D eigenvalue weighted by molar-refractivity contribution is -0.144. The van der Waals surface area contributed by atoms with Crippen LogP contribution >= 0.6 is 11.3 Å². The molecule has 0 saturated carbocycles. The van der Waals surface area contributed by atoms with Crippen molar-refractivity contribution in [2.24, 2.45) is 5.41 Å². The van der Waals surface area contributed by atoms with Crippen molar-refractivity contribution in [2.45, 2.75) is 97.4 Å². The number of aryl methyl sites for hydroxylation is 1. The summed E-state index contributed by atoms with van der Waals surface area (Å²) in [5, 5.41) is 22.6. The Labute approximate surface area is 288 Å². The molecular weight excluding hydrogens is 630 g/mol. The Bertz CT molecular complexity index is 1370. The fourth-order valence-corrected chi connectivity index (χ4v) is 6.94. The van der Waals surface area contributed by atoms with Crippen molar-refractivity contribution in [1.82, 2.24) is 36.1 Å². The van der Waals surface area contributed by atoms with E-state index in [1.165, 1.54) is 4.90 Å². The molecule has 4 rings (SSSR count). The number of piperazine rings is 1. The zero-order valence-corrected chi connectivity index (χ0v) is 29.7. The largest absolute Gasteiger partial charge is 0.391 e. The molecule has 2 aliphatic heterocycles. The molecule has 2 aromatic rings. The summed E-state index contributed by atoms with van der Waals surface area (Å²) in [5.41, 5.74) is 4.19. The molecule has 3 atom stereocenters. The van der Waals surface area contributed by atoms with Crippen molar-refractivity contribution in [3.63, 3.8) is 0 Å². The van der Waals surface area contributed by atoms with Gasteiger partial charge in [0.25, 0.3) is 0 Å². The maximum atomic E-state index is 13.8. The van der Waals surface area contributed by atoms with Gasteiger partial charge in [-0.05, 0) is 36.3 Å². The van der Waals surface area contributed by atoms with Gasteiger partial charge in [-0.25, -0.2) is 9.78 Å². The van der Waals surface area contributed by atoms with E-state index >= 15 is 0 Å². The summed E-state index contributed by atoms with van der Waals surface area (Å²) in [7, 11) is 0. The van der Waals surface area contributed by atoms with Gasteiger partial charge >= 0.3 is 6.03 Å². The summed E-state index contributed by atoms with van der Waals surface area (Å²) >= 11 is 1.58. The summed E-state index contributed by atoms with van der Waals surface area (Å²) in [5.74, 6) is -0.895. The zero-order chi connectivity index (χ0) is 34.7. The highest BCUT2D eigenvalue weighted by Gasteiger charge is 2.44. The molecule has 48 heavy (non-hydrogen) atoms. The monoisotopic (exact) mass is 683 g/mol. The molecule has 264 valence electrons. The maximum absolute atomic E-state index is 13.8. The number of aliphatic hydroxyl groups is 1. The van der Waals surface area contributed by atoms with Crippen LogP contribution in [0.15, 0.2) is 29.8 Å². The van der Waals surface area contributed by atoms with Crippen LogP contribution in [0.25, 0.3) is 10.4 Å². The van der Waals surface area contributed by atoms with Gasteiger partial charge in [-0.3, -0.25) is 14.4 Å². The van der Waals surface area contributed by atoms with Gasteiger partial charge in [0.1, 0.15) is 12.1 Å². The van der Waals surface area contributed by atoms with Crippen LogP contribution in [0.4, 0.5) is 4.79 Å². The van der Waals surface area contributed by atoms with Crippen molar-refractivity contribution < 1.29 is 24.3 Å². The third kappa shape index (κ3) is 10.7. The van der Waals surface area contributed by atoms with E-state index in [1.807, 2.05) is 62.4 Å². The smallest absolute Gasteiger partial charge is 0.317 e. The summed E-state index contributed by atoms with van der Waals surface area (Å²) in [4.78, 5) is 61.0. The lowest BCUT2D eigenvalue weighted by Gasteiger charge is -2.35. The summed E-state index contributed by atoms with van der Waals surface area (Å²) in [6.45, 7) is 11.7. The third-order valence-corrected chi connectivity index (χ3v) is 9.95. The number of hydrogen-bond acceptors (Lipinski definition) is 8. The van der Waals surface area contributed by atoms with Gasteiger partial charge in [0, 0.05) is 58.7 Å². The highest BCUT2D eigenvalue weighted by molar-refractivity contribution is 7.13. The number of β-amino-alcohol motifs (C(OH)–C–C–N with tert-alkyl or cyclic N) is 1. The molecular formula is C35H53N7O5S. The van der Waals surface area contributed by atoms with Gasteiger partial charge < -0.3 is 36.2 Å². The van der Waals surface area contributed by atoms with Crippen LogP contribution < -0.4 is 21.3 Å². The predicted molar refractivity (Wildman–Crippen MR) is 187 cm³/mol. The molecule has 0 radical (unpaired) electrons. The first-order chi connectivity index (χ1) is 22.9. The average Bonchev–Trinajstić information content (AvgIpc) is 3.68. The number of rotatable bonds is 14. The number of urea groups is 1. The van der Waals surface area contributed by atoms with Crippen LogP contribution in [0.1, 0.15) is 77.0 Å². The number of carbonyl (C=O) groups excluding carboxylic acids is 4. The average molecular weight is 684 g/mol. The van der Waals surface area contributed by atoms with Gasteiger partial charge in [-0.15, -0.1) is 11.3 Å². The number of hydrogen-bond donors (Lipinski definition) is 5. The minimum absolute atomic E-state index is 0.00401. The molecule has 0 spiro atoms. The molecule has 0 aliphatic carbocycles. The molecule has 1 aromatic carbocycles. The molecule has 1 aromatic heterocycles. The minimum atomic E-state index is -0.840. The standard InChI is InChI=1S/C35H53N7O5S/c1-24-30(48-23-39-24)26-13-11-25(12-14-26)21-38-32(45)28-20-27(43)22-42(28)33(46)31(35(2,3)4)40-29(44)10-8-6-5-7-9-15-37-34(47)41-18-16-36-17-19-41/h11-14,23,27-28,31,36,43H,5-10,15-22H2,1-4H3,(H,37,47)(H,38,45)(H,40,44)/t27-,28+,31-/m1/s1. The number of aromatic nitrogens is 1. The van der Waals surface area contributed by atoms with E-state index in [4.69, 9.17) is 0 Å². The van der Waals surface area contributed by atoms with E-state index in [0.29, 0.717) is 25.9 Å². The lowest BCUT2D eigenvalue weighted by Crippen LogP contribution is -2.57. The SMILES string of the molecule is Cc1ncsc1-c1ccc(CNC(=O)[C@@H]2C[C@@H](O)CN2C(=O)[C@@H](NC(=O)CCCCCCCNC(=O)N2CCNCC2)C(C)(C)C)cc1. The number of carbonyl (C=O) groups is 4. The topological polar surface area (TPSA) is 156 Å². The second-order valence-electron chi connectivity index (χ2n) is 13.9. The van der Waals surface area contributed by atoms with Crippen LogP contribution in [0.5, 0.6) is 0 Å². The van der Waals surface area contributed by atoms with Crippen LogP contribution in [0.3, 0.4) is 0 Å². The van der Waals surface area contributed by atoms with Crippen molar-refractivity contribution in [3.05, 3.63) is 41.0 Å². The number of thiazole rings is 1. The molecule has 13 heteroatoms. The Morgan fingerprint density at radius 1 is 1.02 bits per heavy atom. The lowest BCUT2D eigenvalue weighted by atomic mass is 9.85.